The highest BCUT2D eigenvalue weighted by Crippen LogP contribution is 2.31. The van der Waals surface area contributed by atoms with Gasteiger partial charge in [0.2, 0.25) is 11.8 Å². The van der Waals surface area contributed by atoms with E-state index >= 15 is 0 Å². The molecule has 0 radical (unpaired) electrons. The molecular formula is C21H21FN2O2. The summed E-state index contributed by atoms with van der Waals surface area (Å²) in [6.45, 7) is 0.222. The fourth-order valence-electron chi connectivity index (χ4n) is 3.98. The lowest BCUT2D eigenvalue weighted by Crippen LogP contribution is -2.37. The van der Waals surface area contributed by atoms with E-state index in [1.165, 1.54) is 22.1 Å². The lowest BCUT2D eigenvalue weighted by atomic mass is 9.87. The third-order valence-electron chi connectivity index (χ3n) is 5.32. The Balaban J connectivity index is 1.47. The first-order valence-corrected chi connectivity index (χ1v) is 9.06. The molecule has 1 fully saturated rings. The normalized spacial score (nSPS) is 22.2. The largest absolute Gasteiger partial charge is 0.349 e. The van der Waals surface area contributed by atoms with Gasteiger partial charge in [-0.3, -0.25) is 9.59 Å². The number of fused-ring (bicyclic) bond motifs is 1. The van der Waals surface area contributed by atoms with Gasteiger partial charge in [-0.25, -0.2) is 4.39 Å². The zero-order valence-electron chi connectivity index (χ0n) is 14.5. The van der Waals surface area contributed by atoms with Gasteiger partial charge in [-0.15, -0.1) is 0 Å². The third-order valence-corrected chi connectivity index (χ3v) is 5.32. The molecule has 1 aliphatic heterocycles. The molecule has 4 rings (SSSR count). The number of amides is 2. The minimum absolute atomic E-state index is 0.00920. The number of benzene rings is 2. The zero-order chi connectivity index (χ0) is 18.1. The minimum atomic E-state index is -0.448. The molecule has 2 atom stereocenters. The minimum Gasteiger partial charge on any atom is -0.349 e. The first kappa shape index (κ1) is 16.8. The maximum Gasteiger partial charge on any atom is 0.227 e. The summed E-state index contributed by atoms with van der Waals surface area (Å²) in [5, 5.41) is 3.11. The average Bonchev–Trinajstić information content (AvgIpc) is 3.04. The summed E-state index contributed by atoms with van der Waals surface area (Å²) in [5.41, 5.74) is 2.69. The molecule has 1 heterocycles. The van der Waals surface area contributed by atoms with Crippen molar-refractivity contribution in [2.45, 2.75) is 31.7 Å². The number of hydrogen-bond acceptors (Lipinski definition) is 2. The van der Waals surface area contributed by atoms with Crippen LogP contribution in [0.15, 0.2) is 48.5 Å². The monoisotopic (exact) mass is 352 g/mol. The number of para-hydroxylation sites is 1. The molecule has 0 spiro atoms. The van der Waals surface area contributed by atoms with Crippen LogP contribution in [-0.4, -0.2) is 18.4 Å². The van der Waals surface area contributed by atoms with Crippen LogP contribution in [0.5, 0.6) is 0 Å². The van der Waals surface area contributed by atoms with E-state index in [9.17, 15) is 14.0 Å². The van der Waals surface area contributed by atoms with Crippen LogP contribution in [0.3, 0.4) is 0 Å². The lowest BCUT2D eigenvalue weighted by Gasteiger charge is -2.27. The second kappa shape index (κ2) is 6.90. The van der Waals surface area contributed by atoms with Gasteiger partial charge in [-0.2, -0.15) is 0 Å². The summed E-state index contributed by atoms with van der Waals surface area (Å²) in [4.78, 5) is 26.4. The molecular weight excluding hydrogens is 331 g/mol. The summed E-state index contributed by atoms with van der Waals surface area (Å²) in [5.74, 6) is -1.22. The molecule has 0 saturated carbocycles. The van der Waals surface area contributed by atoms with E-state index in [1.807, 2.05) is 12.1 Å². The smallest absolute Gasteiger partial charge is 0.227 e. The Bertz CT molecular complexity index is 851. The highest BCUT2D eigenvalue weighted by Gasteiger charge is 2.37. The molecule has 26 heavy (non-hydrogen) atoms. The number of nitrogens with one attached hydrogen (secondary N) is 1. The molecule has 0 bridgehead atoms. The molecule has 4 nitrogen and oxygen atoms in total. The quantitative estimate of drug-likeness (QED) is 0.921. The molecule has 0 unspecified atom stereocenters. The highest BCUT2D eigenvalue weighted by molar-refractivity contribution is 6.00. The van der Waals surface area contributed by atoms with Crippen LogP contribution in [0.25, 0.3) is 0 Å². The van der Waals surface area contributed by atoms with Crippen molar-refractivity contribution in [1.29, 1.82) is 0 Å². The van der Waals surface area contributed by atoms with E-state index in [-0.39, 0.29) is 36.5 Å². The summed E-state index contributed by atoms with van der Waals surface area (Å²) in [6.07, 6.45) is 3.09. The molecule has 2 aromatic rings. The summed E-state index contributed by atoms with van der Waals surface area (Å²) in [6, 6.07) is 14.3. The zero-order valence-corrected chi connectivity index (χ0v) is 14.5. The third kappa shape index (κ3) is 3.09. The Morgan fingerprint density at radius 1 is 1.12 bits per heavy atom. The molecule has 5 heteroatoms. The van der Waals surface area contributed by atoms with Crippen molar-refractivity contribution in [2.24, 2.45) is 5.92 Å². The Labute approximate surface area is 152 Å². The SMILES string of the molecule is O=C(N[C@@H]1CCCc2ccccc21)[C@@H]1CC(=O)N(c2ccccc2F)C1. The number of rotatable bonds is 3. The predicted molar refractivity (Wildman–Crippen MR) is 97.1 cm³/mol. The molecule has 2 amide bonds. The topological polar surface area (TPSA) is 49.4 Å². The van der Waals surface area contributed by atoms with E-state index in [0.717, 1.165) is 19.3 Å². The molecule has 1 N–H and O–H groups in total. The van der Waals surface area contributed by atoms with Crippen LogP contribution >= 0.6 is 0 Å². The highest BCUT2D eigenvalue weighted by atomic mass is 19.1. The van der Waals surface area contributed by atoms with Crippen LogP contribution in [-0.2, 0) is 16.0 Å². The molecule has 0 aromatic heterocycles. The number of hydrogen-bond donors (Lipinski definition) is 1. The van der Waals surface area contributed by atoms with E-state index in [0.29, 0.717) is 0 Å². The Morgan fingerprint density at radius 2 is 1.88 bits per heavy atom. The van der Waals surface area contributed by atoms with Gasteiger partial charge in [-0.05, 0) is 42.5 Å². The van der Waals surface area contributed by atoms with Gasteiger partial charge in [0.1, 0.15) is 5.82 Å². The van der Waals surface area contributed by atoms with Gasteiger partial charge < -0.3 is 10.2 Å². The van der Waals surface area contributed by atoms with Gasteiger partial charge in [0.15, 0.2) is 0 Å². The van der Waals surface area contributed by atoms with Crippen molar-refractivity contribution in [2.75, 3.05) is 11.4 Å². The van der Waals surface area contributed by atoms with E-state index in [2.05, 4.69) is 17.4 Å². The standard InChI is InChI=1S/C21H21FN2O2/c22-17-9-3-4-11-19(17)24-13-15(12-20(24)25)21(26)23-18-10-5-7-14-6-1-2-8-16(14)18/h1-4,6,8-9,11,15,18H,5,7,10,12-13H2,(H,23,26)/t15-,18-/m1/s1. The number of halogens is 1. The summed E-state index contributed by atoms with van der Waals surface area (Å²) >= 11 is 0. The van der Waals surface area contributed by atoms with Crippen LogP contribution in [0.2, 0.25) is 0 Å². The van der Waals surface area contributed by atoms with Crippen molar-refractivity contribution in [1.82, 2.24) is 5.32 Å². The summed E-state index contributed by atoms with van der Waals surface area (Å²) < 4.78 is 14.0. The van der Waals surface area contributed by atoms with Crippen molar-refractivity contribution < 1.29 is 14.0 Å². The summed E-state index contributed by atoms with van der Waals surface area (Å²) in [7, 11) is 0. The van der Waals surface area contributed by atoms with Crippen LogP contribution in [0.1, 0.15) is 36.4 Å². The van der Waals surface area contributed by atoms with Gasteiger partial charge in [-0.1, -0.05) is 36.4 Å². The first-order chi connectivity index (χ1) is 12.6. The predicted octanol–water partition coefficient (Wildman–Crippen LogP) is 3.37. The number of nitrogens with zero attached hydrogens (tertiary/aromatic N) is 1. The van der Waals surface area contributed by atoms with Crippen molar-refractivity contribution in [3.05, 3.63) is 65.5 Å². The number of carbonyl (C=O) groups is 2. The maximum absolute atomic E-state index is 14.0. The van der Waals surface area contributed by atoms with Gasteiger partial charge in [0, 0.05) is 13.0 Å². The molecule has 2 aromatic carbocycles. The van der Waals surface area contributed by atoms with Crippen LogP contribution < -0.4 is 10.2 Å². The molecule has 1 aliphatic carbocycles. The number of carbonyl (C=O) groups excluding carboxylic acids is 2. The molecule has 2 aliphatic rings. The van der Waals surface area contributed by atoms with Crippen LogP contribution in [0, 0.1) is 11.7 Å². The number of aryl methyl sites for hydroxylation is 1. The number of anilines is 1. The average molecular weight is 352 g/mol. The van der Waals surface area contributed by atoms with E-state index in [4.69, 9.17) is 0 Å². The van der Waals surface area contributed by atoms with Crippen LogP contribution in [0.4, 0.5) is 10.1 Å². The Hall–Kier alpha value is -2.69. The van der Waals surface area contributed by atoms with E-state index in [1.54, 1.807) is 18.2 Å². The Kier molecular flexibility index (Phi) is 4.45. The molecule has 1 saturated heterocycles. The Morgan fingerprint density at radius 3 is 2.73 bits per heavy atom. The van der Waals surface area contributed by atoms with Gasteiger partial charge >= 0.3 is 0 Å². The van der Waals surface area contributed by atoms with Crippen molar-refractivity contribution in [3.63, 3.8) is 0 Å². The maximum atomic E-state index is 14.0. The second-order valence-electron chi connectivity index (χ2n) is 7.01. The van der Waals surface area contributed by atoms with Crippen molar-refractivity contribution >= 4 is 17.5 Å². The fraction of sp³-hybridized carbons (Fsp3) is 0.333. The van der Waals surface area contributed by atoms with Gasteiger partial charge in [0.25, 0.3) is 0 Å². The van der Waals surface area contributed by atoms with E-state index < -0.39 is 11.7 Å². The van der Waals surface area contributed by atoms with Crippen molar-refractivity contribution in [3.8, 4) is 0 Å². The molecule has 134 valence electrons. The van der Waals surface area contributed by atoms with Gasteiger partial charge in [0.05, 0.1) is 17.6 Å². The first-order valence-electron chi connectivity index (χ1n) is 9.06. The lowest BCUT2D eigenvalue weighted by molar-refractivity contribution is -0.127. The fourth-order valence-corrected chi connectivity index (χ4v) is 3.98. The second-order valence-corrected chi connectivity index (χ2v) is 7.01.